The molecule has 0 atom stereocenters. The van der Waals surface area contributed by atoms with E-state index in [-0.39, 0.29) is 31.6 Å². The summed E-state index contributed by atoms with van der Waals surface area (Å²) in [7, 11) is 0. The van der Waals surface area contributed by atoms with Gasteiger partial charge in [0.1, 0.15) is 5.75 Å². The molecule has 0 bridgehead atoms. The molecule has 0 radical (unpaired) electrons. The van der Waals surface area contributed by atoms with Gasteiger partial charge in [-0.3, -0.25) is 0 Å². The average Bonchev–Trinajstić information content (AvgIpc) is 2.08. The molecule has 0 heterocycles. The van der Waals surface area contributed by atoms with E-state index >= 15 is 0 Å². The Bertz CT molecular complexity index is 346. The van der Waals surface area contributed by atoms with Crippen molar-refractivity contribution < 1.29 is 35.3 Å². The second-order valence-electron chi connectivity index (χ2n) is 2.72. The van der Waals surface area contributed by atoms with Gasteiger partial charge in [-0.05, 0) is 30.7 Å². The second kappa shape index (κ2) is 5.54. The smallest absolute Gasteiger partial charge is 1.00 e. The Morgan fingerprint density at radius 3 is 2.29 bits per heavy atom. The van der Waals surface area contributed by atoms with Gasteiger partial charge >= 0.3 is 24.8 Å². The summed E-state index contributed by atoms with van der Waals surface area (Å²) in [6, 6.07) is 6.34. The van der Waals surface area contributed by atoms with Gasteiger partial charge in [0.05, 0.1) is 0 Å². The van der Waals surface area contributed by atoms with E-state index < -0.39 is 5.97 Å². The van der Waals surface area contributed by atoms with Crippen molar-refractivity contribution in [2.24, 2.45) is 0 Å². The fraction of sp³-hybridized carbons (Fsp3) is 0.100. The van der Waals surface area contributed by atoms with Crippen LogP contribution in [0.5, 0.6) is 5.75 Å². The van der Waals surface area contributed by atoms with Crippen LogP contribution in [-0.4, -0.2) is 16.2 Å². The van der Waals surface area contributed by atoms with E-state index in [1.54, 1.807) is 18.2 Å². The topological polar surface area (TPSA) is 57.5 Å². The minimum Gasteiger partial charge on any atom is -1.00 e. The number of rotatable bonds is 2. The Labute approximate surface area is 95.7 Å². The van der Waals surface area contributed by atoms with Crippen LogP contribution in [0.25, 0.3) is 6.08 Å². The molecule has 14 heavy (non-hydrogen) atoms. The molecule has 1 aromatic carbocycles. The van der Waals surface area contributed by atoms with Gasteiger partial charge in [0.15, 0.2) is 0 Å². The predicted molar refractivity (Wildman–Crippen MR) is 50.5 cm³/mol. The molecule has 0 aliphatic rings. The quantitative estimate of drug-likeness (QED) is 0.460. The summed E-state index contributed by atoms with van der Waals surface area (Å²) in [4.78, 5) is 10.5. The molecule has 3 nitrogen and oxygen atoms in total. The van der Waals surface area contributed by atoms with Crippen LogP contribution in [0.15, 0.2) is 29.8 Å². The van der Waals surface area contributed by atoms with Gasteiger partial charge in [-0.25, -0.2) is 4.79 Å². The molecule has 0 saturated heterocycles. The third-order valence-corrected chi connectivity index (χ3v) is 1.61. The van der Waals surface area contributed by atoms with Crippen LogP contribution in [-0.2, 0) is 4.79 Å². The molecular weight excluding hydrogens is 175 g/mol. The molecule has 0 unspecified atom stereocenters. The number of aliphatic carboxylic acids is 1. The number of hydrogen-bond acceptors (Lipinski definition) is 2. The summed E-state index contributed by atoms with van der Waals surface area (Å²) in [5.74, 6) is -0.766. The number of carbonyl (C=O) groups is 1. The van der Waals surface area contributed by atoms with Crippen molar-refractivity contribution in [2.75, 3.05) is 0 Å². The van der Waals surface area contributed by atoms with Gasteiger partial charge in [-0.15, -0.1) is 0 Å². The van der Waals surface area contributed by atoms with E-state index in [0.717, 1.165) is 5.56 Å². The van der Waals surface area contributed by atoms with Crippen LogP contribution in [0.4, 0.5) is 0 Å². The number of phenols is 1. The van der Waals surface area contributed by atoms with Gasteiger partial charge in [-0.2, -0.15) is 0 Å². The molecule has 1 aromatic rings. The van der Waals surface area contributed by atoms with Crippen LogP contribution < -0.4 is 18.9 Å². The van der Waals surface area contributed by atoms with E-state index in [1.807, 2.05) is 0 Å². The first-order valence-electron chi connectivity index (χ1n) is 3.80. The maximum absolute atomic E-state index is 10.5. The summed E-state index contributed by atoms with van der Waals surface area (Å²) in [5, 5.41) is 17.5. The zero-order valence-electron chi connectivity index (χ0n) is 9.19. The summed E-state index contributed by atoms with van der Waals surface area (Å²) < 4.78 is 0. The molecule has 0 saturated carbocycles. The summed E-state index contributed by atoms with van der Waals surface area (Å²) in [5.41, 5.74) is 1.03. The monoisotopic (exact) mass is 186 g/mol. The summed E-state index contributed by atoms with van der Waals surface area (Å²) in [6.07, 6.45) is 1.54. The largest absolute Gasteiger partial charge is 1.00 e. The molecule has 0 aliphatic heterocycles. The molecule has 1 rings (SSSR count). The van der Waals surface area contributed by atoms with Crippen molar-refractivity contribution in [3.05, 3.63) is 35.4 Å². The van der Waals surface area contributed by atoms with Crippen LogP contribution in [0.2, 0.25) is 0 Å². The number of phenolic OH excluding ortho intramolecular Hbond substituents is 1. The minimum atomic E-state index is -0.937. The van der Waals surface area contributed by atoms with Gasteiger partial charge in [-0.1, -0.05) is 12.1 Å². The fourth-order valence-electron chi connectivity index (χ4n) is 0.882. The molecule has 70 valence electrons. The number of aromatic hydroxyl groups is 1. The molecule has 0 amide bonds. The van der Waals surface area contributed by atoms with E-state index in [0.29, 0.717) is 0 Å². The van der Waals surface area contributed by atoms with Crippen LogP contribution in [0, 0.1) is 0 Å². The third kappa shape index (κ3) is 3.69. The van der Waals surface area contributed by atoms with Crippen LogP contribution in [0.3, 0.4) is 0 Å². The third-order valence-electron chi connectivity index (χ3n) is 1.61. The van der Waals surface area contributed by atoms with Crippen LogP contribution in [0.1, 0.15) is 13.9 Å². The van der Waals surface area contributed by atoms with Gasteiger partial charge < -0.3 is 11.6 Å². The average molecular weight is 186 g/mol. The Balaban J connectivity index is 0. The van der Waals surface area contributed by atoms with Crippen molar-refractivity contribution in [1.82, 2.24) is 0 Å². The standard InChI is InChI=1S/C10H10O3.Li.H/c1-7(10(12)13)6-8-2-4-9(11)5-3-8;;/h2-6,11H,1H3,(H,12,13);;/q;+1;-1. The van der Waals surface area contributed by atoms with Gasteiger partial charge in [0.2, 0.25) is 0 Å². The Morgan fingerprint density at radius 2 is 1.86 bits per heavy atom. The van der Waals surface area contributed by atoms with Crippen molar-refractivity contribution in [2.45, 2.75) is 6.92 Å². The minimum absolute atomic E-state index is 0. The van der Waals surface area contributed by atoms with Gasteiger partial charge in [0, 0.05) is 5.57 Å². The van der Waals surface area contributed by atoms with E-state index in [9.17, 15) is 4.79 Å². The first-order chi connectivity index (χ1) is 6.09. The maximum atomic E-state index is 10.5. The number of carboxylic acid groups (broad SMARTS) is 1. The summed E-state index contributed by atoms with van der Waals surface area (Å²) in [6.45, 7) is 1.52. The molecular formula is C10H11LiO3. The normalized spacial score (nSPS) is 10.5. The Kier molecular flexibility index (Phi) is 5.07. The first-order valence-corrected chi connectivity index (χ1v) is 3.80. The Hall–Kier alpha value is -1.17. The summed E-state index contributed by atoms with van der Waals surface area (Å²) >= 11 is 0. The van der Waals surface area contributed by atoms with E-state index in [4.69, 9.17) is 10.2 Å². The van der Waals surface area contributed by atoms with E-state index in [2.05, 4.69) is 0 Å². The van der Waals surface area contributed by atoms with Gasteiger partial charge in [0.25, 0.3) is 0 Å². The van der Waals surface area contributed by atoms with Crippen molar-refractivity contribution >= 4 is 12.0 Å². The van der Waals surface area contributed by atoms with Crippen molar-refractivity contribution in [1.29, 1.82) is 0 Å². The zero-order valence-corrected chi connectivity index (χ0v) is 8.19. The molecule has 2 N–H and O–H groups in total. The zero-order chi connectivity index (χ0) is 9.84. The predicted octanol–water partition coefficient (Wildman–Crippen LogP) is -1.00. The Morgan fingerprint density at radius 1 is 1.36 bits per heavy atom. The molecule has 0 aliphatic carbocycles. The van der Waals surface area contributed by atoms with Crippen molar-refractivity contribution in [3.63, 3.8) is 0 Å². The SMILES string of the molecule is CC(=Cc1ccc(O)cc1)C(=O)O.[H-].[Li+]. The molecule has 0 spiro atoms. The fourth-order valence-corrected chi connectivity index (χ4v) is 0.882. The molecule has 0 fully saturated rings. The number of carboxylic acids is 1. The number of benzene rings is 1. The maximum Gasteiger partial charge on any atom is 1.00 e. The second-order valence-corrected chi connectivity index (χ2v) is 2.72. The molecule has 4 heteroatoms. The molecule has 0 aromatic heterocycles. The first kappa shape index (κ1) is 12.8. The van der Waals surface area contributed by atoms with Crippen molar-refractivity contribution in [3.8, 4) is 5.75 Å². The van der Waals surface area contributed by atoms with Crippen LogP contribution >= 0.6 is 0 Å². The number of hydrogen-bond donors (Lipinski definition) is 2. The van der Waals surface area contributed by atoms with E-state index in [1.165, 1.54) is 19.1 Å².